The van der Waals surface area contributed by atoms with E-state index < -0.39 is 6.29 Å². The maximum Gasteiger partial charge on any atom is 0.485 e. The highest BCUT2D eigenvalue weighted by Gasteiger charge is 2.60. The summed E-state index contributed by atoms with van der Waals surface area (Å²) in [6, 6.07) is 4.75. The summed E-state index contributed by atoms with van der Waals surface area (Å²) >= 11 is 0. The van der Waals surface area contributed by atoms with E-state index in [-0.39, 0.29) is 24.5 Å². The van der Waals surface area contributed by atoms with Crippen molar-refractivity contribution in [2.75, 3.05) is 18.1 Å². The average Bonchev–Trinajstić information content (AvgIpc) is 3.30. The summed E-state index contributed by atoms with van der Waals surface area (Å²) in [7, 11) is 0. The number of nitrogens with two attached hydrogens (primary N) is 2. The third-order valence-electron chi connectivity index (χ3n) is 13.9. The first-order valence-corrected chi connectivity index (χ1v) is 17.5. The molecule has 0 heterocycles. The predicted octanol–water partition coefficient (Wildman–Crippen LogP) is 10.1. The van der Waals surface area contributed by atoms with Crippen LogP contribution in [0, 0.1) is 57.7 Å². The molecule has 0 spiro atoms. The third-order valence-corrected chi connectivity index (χ3v) is 13.9. The first-order chi connectivity index (χ1) is 20.1. The Morgan fingerprint density at radius 1 is 0.860 bits per heavy atom. The topological polar surface area (TPSA) is 70.5 Å². The smallest absolute Gasteiger partial charge is 0.399 e. The van der Waals surface area contributed by atoms with Gasteiger partial charge in [-0.1, -0.05) is 54.4 Å². The van der Waals surface area contributed by atoms with Crippen LogP contribution in [0.3, 0.4) is 0 Å². The van der Waals surface area contributed by atoms with Crippen molar-refractivity contribution in [1.29, 1.82) is 0 Å². The lowest BCUT2D eigenvalue weighted by Gasteiger charge is -2.61. The van der Waals surface area contributed by atoms with E-state index in [4.69, 9.17) is 20.9 Å². The van der Waals surface area contributed by atoms with Crippen molar-refractivity contribution < 1.29 is 18.3 Å². The molecule has 4 aliphatic rings. The maximum absolute atomic E-state index is 14.5. The van der Waals surface area contributed by atoms with Gasteiger partial charge in [0, 0.05) is 11.4 Å². The molecule has 1 aromatic carbocycles. The minimum atomic E-state index is -3.67. The van der Waals surface area contributed by atoms with Gasteiger partial charge < -0.3 is 11.5 Å². The van der Waals surface area contributed by atoms with Crippen LogP contribution in [0.1, 0.15) is 124 Å². The zero-order valence-corrected chi connectivity index (χ0v) is 27.9. The van der Waals surface area contributed by atoms with E-state index in [9.17, 15) is 8.78 Å². The molecule has 4 aliphatic carbocycles. The van der Waals surface area contributed by atoms with Gasteiger partial charge >= 0.3 is 6.29 Å². The van der Waals surface area contributed by atoms with Crippen LogP contribution in [0.2, 0.25) is 0 Å². The quantitative estimate of drug-likeness (QED) is 0.195. The summed E-state index contributed by atoms with van der Waals surface area (Å²) in [5.41, 5.74) is 13.8. The summed E-state index contributed by atoms with van der Waals surface area (Å²) in [6.07, 6.45) is 12.9. The molecule has 9 atom stereocenters. The van der Waals surface area contributed by atoms with Crippen molar-refractivity contribution in [2.24, 2.45) is 57.7 Å². The number of hydrogen-bond acceptors (Lipinski definition) is 4. The molecule has 4 nitrogen and oxygen atoms in total. The van der Waals surface area contributed by atoms with Crippen LogP contribution >= 0.6 is 0 Å². The van der Waals surface area contributed by atoms with Crippen molar-refractivity contribution in [3.63, 3.8) is 0 Å². The lowest BCUT2D eigenvalue weighted by Crippen LogP contribution is -2.53. The molecular formula is C37H60F2N2O2. The average molecular weight is 603 g/mol. The highest BCUT2D eigenvalue weighted by Crippen LogP contribution is 2.68. The van der Waals surface area contributed by atoms with E-state index in [2.05, 4.69) is 34.6 Å². The van der Waals surface area contributed by atoms with E-state index in [1.165, 1.54) is 64.2 Å². The molecule has 4 N–H and O–H groups in total. The molecule has 6 heteroatoms. The van der Waals surface area contributed by atoms with Crippen molar-refractivity contribution >= 4 is 11.4 Å². The zero-order valence-electron chi connectivity index (χ0n) is 27.9. The molecule has 5 rings (SSSR count). The van der Waals surface area contributed by atoms with Crippen molar-refractivity contribution in [3.05, 3.63) is 23.8 Å². The highest BCUT2D eigenvalue weighted by molar-refractivity contribution is 5.54. The standard InChI is InChI=1S/C37H60F2N2O2/c1-24(14-17-34(3,4)25(2)22-42-37(38,39)43-23-26-19-28(40)21-29(41)20-26)31-12-13-32-30-11-10-27-9-7-8-16-35(27,5)33(30)15-18-36(31,32)6/h19-21,24-25,27,30-33H,7-18,22-23,40-41H2,1-6H3/t24-,25?,27?,30+,31-,32+,33+,35+,36-/m1/s1. The Kier molecular flexibility index (Phi) is 9.52. The molecule has 0 bridgehead atoms. The number of hydrogen-bond donors (Lipinski definition) is 2. The molecule has 0 saturated heterocycles. The Labute approximate surface area is 260 Å². The van der Waals surface area contributed by atoms with E-state index in [0.29, 0.717) is 33.7 Å². The number of halogens is 2. The normalized spacial score (nSPS) is 36.0. The second-order valence-electron chi connectivity index (χ2n) is 16.6. The molecule has 0 radical (unpaired) electrons. The van der Waals surface area contributed by atoms with Crippen LogP contribution in [-0.2, 0) is 16.1 Å². The lowest BCUT2D eigenvalue weighted by molar-refractivity contribution is -0.401. The number of rotatable bonds is 11. The lowest BCUT2D eigenvalue weighted by atomic mass is 9.44. The Bertz CT molecular complexity index is 1090. The van der Waals surface area contributed by atoms with Gasteiger partial charge in [-0.15, -0.1) is 8.78 Å². The summed E-state index contributed by atoms with van der Waals surface area (Å²) in [5, 5.41) is 0. The van der Waals surface area contributed by atoms with Gasteiger partial charge in [-0.3, -0.25) is 9.47 Å². The number of ether oxygens (including phenoxy) is 2. The first-order valence-electron chi connectivity index (χ1n) is 17.5. The Morgan fingerprint density at radius 2 is 1.56 bits per heavy atom. The van der Waals surface area contributed by atoms with E-state index >= 15 is 0 Å². The van der Waals surface area contributed by atoms with E-state index in [0.717, 1.165) is 42.4 Å². The molecule has 0 aromatic heterocycles. The Hall–Kier alpha value is -1.40. The number of anilines is 2. The second kappa shape index (κ2) is 12.4. The van der Waals surface area contributed by atoms with Gasteiger partial charge in [0.15, 0.2) is 0 Å². The van der Waals surface area contributed by atoms with Crippen molar-refractivity contribution in [1.82, 2.24) is 0 Å². The number of fused-ring (bicyclic) bond motifs is 5. The fourth-order valence-corrected chi connectivity index (χ4v) is 10.8. The van der Waals surface area contributed by atoms with E-state index in [1.807, 2.05) is 6.92 Å². The summed E-state index contributed by atoms with van der Waals surface area (Å²) in [4.78, 5) is 0. The molecule has 43 heavy (non-hydrogen) atoms. The largest absolute Gasteiger partial charge is 0.485 e. The van der Waals surface area contributed by atoms with Crippen LogP contribution in [0.25, 0.3) is 0 Å². The molecule has 4 fully saturated rings. The van der Waals surface area contributed by atoms with Gasteiger partial charge in [0.05, 0.1) is 13.2 Å². The van der Waals surface area contributed by atoms with Gasteiger partial charge in [-0.05, 0) is 146 Å². The minimum absolute atomic E-state index is 0.0361. The monoisotopic (exact) mass is 602 g/mol. The summed E-state index contributed by atoms with van der Waals surface area (Å²) < 4.78 is 38.9. The predicted molar refractivity (Wildman–Crippen MR) is 172 cm³/mol. The molecule has 0 aliphatic heterocycles. The fraction of sp³-hybridized carbons (Fsp3) is 0.838. The molecule has 4 saturated carbocycles. The molecular weight excluding hydrogens is 542 g/mol. The first kappa shape index (κ1) is 33.0. The fourth-order valence-electron chi connectivity index (χ4n) is 10.8. The molecule has 244 valence electrons. The molecule has 0 amide bonds. The van der Waals surface area contributed by atoms with Gasteiger partial charge in [0.2, 0.25) is 0 Å². The zero-order chi connectivity index (χ0) is 31.2. The van der Waals surface area contributed by atoms with Gasteiger partial charge in [0.1, 0.15) is 0 Å². The van der Waals surface area contributed by atoms with Gasteiger partial charge in [0.25, 0.3) is 0 Å². The summed E-state index contributed by atoms with van der Waals surface area (Å²) in [5.74, 6) is 5.14. The Balaban J connectivity index is 1.12. The van der Waals surface area contributed by atoms with Crippen molar-refractivity contribution in [2.45, 2.75) is 131 Å². The number of nitrogen functional groups attached to an aromatic ring is 2. The molecule has 1 aromatic rings. The second-order valence-corrected chi connectivity index (χ2v) is 16.6. The SMILES string of the molecule is CC(COC(F)(F)OCc1cc(N)cc(N)c1)C(C)(C)CC[C@@H](C)[C@H]1CC[C@H]2[C@@H]3CCC4CCCC[C@]4(C)[C@H]3CC[C@]12C. The molecule has 2 unspecified atom stereocenters. The Morgan fingerprint density at radius 3 is 2.28 bits per heavy atom. The van der Waals surface area contributed by atoms with Crippen LogP contribution in [0.5, 0.6) is 0 Å². The van der Waals surface area contributed by atoms with Crippen LogP contribution in [0.4, 0.5) is 20.2 Å². The van der Waals surface area contributed by atoms with E-state index in [1.54, 1.807) is 18.2 Å². The number of benzene rings is 1. The summed E-state index contributed by atoms with van der Waals surface area (Å²) in [6.45, 7) is 13.9. The van der Waals surface area contributed by atoms with Crippen LogP contribution in [0.15, 0.2) is 18.2 Å². The minimum Gasteiger partial charge on any atom is -0.399 e. The number of alkyl halides is 2. The van der Waals surface area contributed by atoms with Gasteiger partial charge in [-0.25, -0.2) is 0 Å². The van der Waals surface area contributed by atoms with Crippen molar-refractivity contribution in [3.8, 4) is 0 Å². The van der Waals surface area contributed by atoms with Crippen LogP contribution < -0.4 is 11.5 Å². The third kappa shape index (κ3) is 6.76. The van der Waals surface area contributed by atoms with Gasteiger partial charge in [-0.2, -0.15) is 0 Å². The van der Waals surface area contributed by atoms with Crippen LogP contribution in [-0.4, -0.2) is 12.9 Å². The maximum atomic E-state index is 14.5. The highest BCUT2D eigenvalue weighted by atomic mass is 19.3.